The molecular weight excluding hydrogens is 209 g/mol. The van der Waals surface area contributed by atoms with E-state index in [0.29, 0.717) is 13.0 Å². The average molecular weight is 223 g/mol. The van der Waals surface area contributed by atoms with Gasteiger partial charge in [-0.15, -0.1) is 0 Å². The lowest BCUT2D eigenvalue weighted by atomic mass is 10.1. The van der Waals surface area contributed by atoms with E-state index in [1.54, 1.807) is 24.3 Å². The Kier molecular flexibility index (Phi) is 3.08. The number of piperidine rings is 1. The number of hydrogen-bond acceptors (Lipinski definition) is 2. The molecule has 1 aliphatic rings. The van der Waals surface area contributed by atoms with E-state index in [4.69, 9.17) is 5.11 Å². The zero-order chi connectivity index (χ0) is 11.5. The van der Waals surface area contributed by atoms with Gasteiger partial charge >= 0.3 is 5.97 Å². The van der Waals surface area contributed by atoms with Gasteiger partial charge in [-0.25, -0.2) is 9.18 Å². The van der Waals surface area contributed by atoms with Crippen molar-refractivity contribution in [2.45, 2.75) is 19.0 Å². The quantitative estimate of drug-likeness (QED) is 0.836. The number of alkyl halides is 1. The van der Waals surface area contributed by atoms with Crippen molar-refractivity contribution >= 4 is 11.7 Å². The largest absolute Gasteiger partial charge is 0.478 e. The summed E-state index contributed by atoms with van der Waals surface area (Å²) in [5.41, 5.74) is 1.16. The van der Waals surface area contributed by atoms with Crippen molar-refractivity contribution < 1.29 is 14.3 Å². The molecule has 0 bridgehead atoms. The number of benzene rings is 1. The number of rotatable bonds is 2. The highest BCUT2D eigenvalue weighted by Crippen LogP contribution is 2.21. The Morgan fingerprint density at radius 3 is 2.62 bits per heavy atom. The summed E-state index contributed by atoms with van der Waals surface area (Å²) < 4.78 is 13.2. The van der Waals surface area contributed by atoms with Crippen molar-refractivity contribution in [2.24, 2.45) is 0 Å². The number of halogens is 1. The smallest absolute Gasteiger partial charge is 0.335 e. The van der Waals surface area contributed by atoms with Gasteiger partial charge in [-0.3, -0.25) is 0 Å². The van der Waals surface area contributed by atoms with Crippen LogP contribution in [0.25, 0.3) is 0 Å². The number of anilines is 1. The number of carbonyl (C=O) groups is 1. The van der Waals surface area contributed by atoms with Crippen LogP contribution in [0.1, 0.15) is 23.2 Å². The summed E-state index contributed by atoms with van der Waals surface area (Å²) in [6.07, 6.45) is 0.707. The molecule has 16 heavy (non-hydrogen) atoms. The molecule has 0 radical (unpaired) electrons. The molecule has 1 heterocycles. The van der Waals surface area contributed by atoms with Crippen LogP contribution in [0, 0.1) is 0 Å². The van der Waals surface area contributed by atoms with Gasteiger partial charge in [-0.2, -0.15) is 0 Å². The Morgan fingerprint density at radius 1 is 1.38 bits per heavy atom. The Morgan fingerprint density at radius 2 is 2.06 bits per heavy atom. The van der Waals surface area contributed by atoms with Crippen LogP contribution in [-0.4, -0.2) is 30.3 Å². The summed E-state index contributed by atoms with van der Waals surface area (Å²) in [6.45, 7) is 1.25. The number of carboxylic acids is 1. The van der Waals surface area contributed by atoms with Crippen LogP contribution < -0.4 is 4.90 Å². The third-order valence-corrected chi connectivity index (χ3v) is 2.84. The summed E-state index contributed by atoms with van der Waals surface area (Å²) in [5.74, 6) is -0.937. The fourth-order valence-electron chi connectivity index (χ4n) is 1.97. The number of nitrogens with zero attached hydrogens (tertiary/aromatic N) is 1. The molecule has 1 aromatic rings. The van der Waals surface area contributed by atoms with E-state index in [1.165, 1.54) is 0 Å². The maximum atomic E-state index is 13.2. The number of carboxylic acid groups (broad SMARTS) is 1. The van der Waals surface area contributed by atoms with Gasteiger partial charge in [0.05, 0.1) is 5.56 Å². The normalized spacial score (nSPS) is 20.8. The van der Waals surface area contributed by atoms with Crippen LogP contribution in [0.2, 0.25) is 0 Å². The molecule has 4 heteroatoms. The molecule has 0 unspecified atom stereocenters. The maximum absolute atomic E-state index is 13.2. The molecule has 86 valence electrons. The van der Waals surface area contributed by atoms with Crippen LogP contribution in [0.3, 0.4) is 0 Å². The zero-order valence-electron chi connectivity index (χ0n) is 8.90. The molecule has 1 fully saturated rings. The first-order valence-electron chi connectivity index (χ1n) is 5.39. The molecule has 0 spiro atoms. The number of hydrogen-bond donors (Lipinski definition) is 1. The van der Waals surface area contributed by atoms with Crippen molar-refractivity contribution in [3.63, 3.8) is 0 Å². The van der Waals surface area contributed by atoms with Gasteiger partial charge in [0.15, 0.2) is 0 Å². The molecule has 0 aromatic heterocycles. The van der Waals surface area contributed by atoms with Crippen molar-refractivity contribution in [2.75, 3.05) is 18.0 Å². The zero-order valence-corrected chi connectivity index (χ0v) is 8.90. The Hall–Kier alpha value is -1.58. The van der Waals surface area contributed by atoms with Crippen molar-refractivity contribution in [1.82, 2.24) is 0 Å². The molecular formula is C12H14FNO2. The maximum Gasteiger partial charge on any atom is 0.335 e. The lowest BCUT2D eigenvalue weighted by Gasteiger charge is -2.30. The van der Waals surface area contributed by atoms with E-state index in [0.717, 1.165) is 18.7 Å². The lowest BCUT2D eigenvalue weighted by Crippen LogP contribution is -2.36. The molecule has 1 aliphatic heterocycles. The fraction of sp³-hybridized carbons (Fsp3) is 0.417. The van der Waals surface area contributed by atoms with E-state index in [2.05, 4.69) is 0 Å². The first kappa shape index (κ1) is 10.9. The highest BCUT2D eigenvalue weighted by molar-refractivity contribution is 5.88. The first-order chi connectivity index (χ1) is 7.66. The molecule has 0 saturated carbocycles. The number of aromatic carboxylic acids is 1. The summed E-state index contributed by atoms with van der Waals surface area (Å²) >= 11 is 0. The summed E-state index contributed by atoms with van der Waals surface area (Å²) in [6, 6.07) is 6.59. The SMILES string of the molecule is O=C(O)c1ccc(N2CCC[C@H](F)C2)cc1. The van der Waals surface area contributed by atoms with Gasteiger partial charge in [0.1, 0.15) is 6.17 Å². The van der Waals surface area contributed by atoms with Gasteiger partial charge in [0.2, 0.25) is 0 Å². The van der Waals surface area contributed by atoms with Gasteiger partial charge in [0, 0.05) is 18.8 Å². The van der Waals surface area contributed by atoms with Crippen LogP contribution in [-0.2, 0) is 0 Å². The predicted molar refractivity (Wildman–Crippen MR) is 59.7 cm³/mol. The monoisotopic (exact) mass is 223 g/mol. The van der Waals surface area contributed by atoms with Crippen LogP contribution in [0.15, 0.2) is 24.3 Å². The Labute approximate surface area is 93.5 Å². The van der Waals surface area contributed by atoms with E-state index < -0.39 is 12.1 Å². The second kappa shape index (κ2) is 4.51. The third kappa shape index (κ3) is 2.32. The molecule has 1 aromatic carbocycles. The molecule has 0 amide bonds. The summed E-state index contributed by atoms with van der Waals surface area (Å²) in [7, 11) is 0. The highest BCUT2D eigenvalue weighted by atomic mass is 19.1. The second-order valence-corrected chi connectivity index (χ2v) is 4.04. The molecule has 1 saturated heterocycles. The van der Waals surface area contributed by atoms with E-state index in [9.17, 15) is 9.18 Å². The van der Waals surface area contributed by atoms with Crippen LogP contribution in [0.5, 0.6) is 0 Å². The molecule has 1 atom stereocenters. The van der Waals surface area contributed by atoms with Crippen molar-refractivity contribution in [3.8, 4) is 0 Å². The molecule has 2 rings (SSSR count). The minimum atomic E-state index is -0.937. The van der Waals surface area contributed by atoms with Crippen molar-refractivity contribution in [3.05, 3.63) is 29.8 Å². The fourth-order valence-corrected chi connectivity index (χ4v) is 1.97. The highest BCUT2D eigenvalue weighted by Gasteiger charge is 2.19. The Bertz CT molecular complexity index is 377. The van der Waals surface area contributed by atoms with Crippen LogP contribution in [0.4, 0.5) is 10.1 Å². The van der Waals surface area contributed by atoms with E-state index in [1.807, 2.05) is 4.90 Å². The standard InChI is InChI=1S/C12H14FNO2/c13-10-2-1-7-14(8-10)11-5-3-9(4-6-11)12(15)16/h3-6,10H,1-2,7-8H2,(H,15,16)/t10-/m0/s1. The van der Waals surface area contributed by atoms with Gasteiger partial charge < -0.3 is 10.0 Å². The minimum Gasteiger partial charge on any atom is -0.478 e. The lowest BCUT2D eigenvalue weighted by molar-refractivity contribution is 0.0697. The van der Waals surface area contributed by atoms with E-state index >= 15 is 0 Å². The predicted octanol–water partition coefficient (Wildman–Crippen LogP) is 2.32. The van der Waals surface area contributed by atoms with Crippen LogP contribution >= 0.6 is 0 Å². The first-order valence-corrected chi connectivity index (χ1v) is 5.39. The minimum absolute atomic E-state index is 0.262. The van der Waals surface area contributed by atoms with Gasteiger partial charge in [-0.05, 0) is 37.1 Å². The van der Waals surface area contributed by atoms with Crippen molar-refractivity contribution in [1.29, 1.82) is 0 Å². The topological polar surface area (TPSA) is 40.5 Å². The molecule has 0 aliphatic carbocycles. The average Bonchev–Trinajstić information content (AvgIpc) is 2.29. The molecule has 1 N–H and O–H groups in total. The summed E-state index contributed by atoms with van der Waals surface area (Å²) in [4.78, 5) is 12.6. The second-order valence-electron chi connectivity index (χ2n) is 4.04. The summed E-state index contributed by atoms with van der Waals surface area (Å²) in [5, 5.41) is 8.75. The van der Waals surface area contributed by atoms with E-state index in [-0.39, 0.29) is 5.56 Å². The Balaban J connectivity index is 2.11. The molecule has 3 nitrogen and oxygen atoms in total. The third-order valence-electron chi connectivity index (χ3n) is 2.84. The van der Waals surface area contributed by atoms with Gasteiger partial charge in [-0.1, -0.05) is 0 Å². The van der Waals surface area contributed by atoms with Gasteiger partial charge in [0.25, 0.3) is 0 Å².